The number of nitrogens with zero attached hydrogens (tertiary/aromatic N) is 3. The molecule has 4 atom stereocenters. The number of nitrogens with one attached hydrogen (secondary N) is 1. The van der Waals surface area contributed by atoms with Gasteiger partial charge in [-0.05, 0) is 157 Å². The number of ether oxygens (including phenoxy) is 5. The Hall–Kier alpha value is -2.71. The molecule has 1 amide bonds. The molecule has 8 saturated heterocycles. The van der Waals surface area contributed by atoms with Crippen molar-refractivity contribution >= 4 is 6.09 Å². The van der Waals surface area contributed by atoms with E-state index in [1.54, 1.807) is 29.2 Å². The molecule has 2 aromatic rings. The van der Waals surface area contributed by atoms with Crippen molar-refractivity contribution in [3.63, 3.8) is 0 Å². The van der Waals surface area contributed by atoms with Crippen LogP contribution < -0.4 is 5.32 Å². The molecule has 10 rings (SSSR count). The molecule has 0 radical (unpaired) electrons. The third kappa shape index (κ3) is 9.25. The van der Waals surface area contributed by atoms with Gasteiger partial charge in [0.1, 0.15) is 22.8 Å². The van der Waals surface area contributed by atoms with Gasteiger partial charge in [-0.25, -0.2) is 13.6 Å². The third-order valence-corrected chi connectivity index (χ3v) is 14.7. The van der Waals surface area contributed by atoms with Gasteiger partial charge in [0, 0.05) is 50.2 Å². The maximum Gasteiger partial charge on any atom is 0.410 e. The molecule has 10 nitrogen and oxygen atoms in total. The summed E-state index contributed by atoms with van der Waals surface area (Å²) in [4.78, 5) is 19.2. The first-order valence-electron chi connectivity index (χ1n) is 22.6. The van der Waals surface area contributed by atoms with E-state index in [0.717, 1.165) is 130 Å². The smallest absolute Gasteiger partial charge is 0.410 e. The lowest BCUT2D eigenvalue weighted by Gasteiger charge is -2.47. The first-order chi connectivity index (χ1) is 28.4. The van der Waals surface area contributed by atoms with Gasteiger partial charge in [0.25, 0.3) is 0 Å². The van der Waals surface area contributed by atoms with Gasteiger partial charge >= 0.3 is 6.09 Å². The fraction of sp³-hybridized carbons (Fsp3) is 0.723. The molecule has 8 aliphatic heterocycles. The van der Waals surface area contributed by atoms with Crippen LogP contribution >= 0.6 is 0 Å². The predicted octanol–water partition coefficient (Wildman–Crippen LogP) is 6.93. The summed E-state index contributed by atoms with van der Waals surface area (Å²) in [7, 11) is 0. The van der Waals surface area contributed by atoms with Crippen LogP contribution in [-0.4, -0.2) is 142 Å². The molecular formula is C47H66F2N4O6. The Labute approximate surface area is 349 Å². The van der Waals surface area contributed by atoms with Crippen molar-refractivity contribution in [2.45, 2.75) is 125 Å². The van der Waals surface area contributed by atoms with E-state index in [1.165, 1.54) is 22.3 Å². The standard InChI is InChI=1S/C26H37FN2O4.C21H29FN2O2/c1-25(2,3)33-24(30)29-16-26(17-29)13-21(15-32-26)28-9-6-18(7-10-28)23-12-20(27)4-5-22(23)19-8-11-31-14-19;22-17-1-2-19(16-5-8-25-11-16)20(9-17)15-3-6-24(7-4-15)18-10-21(26-12-18)13-23-14-21/h4-5,12,18-19,21H,6-11,13-17H2,1-3H3;1-2,9,15-16,18,23H,3-8,10-14H2/t19?,21-;16?,18-/m00/s1. The number of likely N-dealkylation sites (tertiary alicyclic amines) is 3. The van der Waals surface area contributed by atoms with E-state index in [2.05, 4.69) is 15.1 Å². The number of piperidine rings is 2. The second-order valence-electron chi connectivity index (χ2n) is 19.9. The quantitative estimate of drug-likeness (QED) is 0.334. The molecule has 2 spiro atoms. The molecule has 8 fully saturated rings. The summed E-state index contributed by atoms with van der Waals surface area (Å²) in [6.07, 6.45) is 8.27. The number of rotatable bonds is 6. The summed E-state index contributed by atoms with van der Waals surface area (Å²) in [5, 5.41) is 3.34. The summed E-state index contributed by atoms with van der Waals surface area (Å²) in [5.41, 5.74) is 4.48. The first kappa shape index (κ1) is 41.6. The molecule has 59 heavy (non-hydrogen) atoms. The highest BCUT2D eigenvalue weighted by Crippen LogP contribution is 2.42. The summed E-state index contributed by atoms with van der Waals surface area (Å²) < 4.78 is 57.1. The van der Waals surface area contributed by atoms with Crippen LogP contribution in [0, 0.1) is 11.6 Å². The van der Waals surface area contributed by atoms with Crippen molar-refractivity contribution < 1.29 is 37.3 Å². The molecule has 0 aliphatic carbocycles. The lowest BCUT2D eigenvalue weighted by atomic mass is 9.81. The zero-order valence-electron chi connectivity index (χ0n) is 35.5. The molecule has 0 bridgehead atoms. The third-order valence-electron chi connectivity index (χ3n) is 14.7. The van der Waals surface area contributed by atoms with Crippen LogP contribution in [0.4, 0.5) is 13.6 Å². The highest BCUT2D eigenvalue weighted by Gasteiger charge is 2.53. The summed E-state index contributed by atoms with van der Waals surface area (Å²) in [6.45, 7) is 17.9. The average Bonchev–Trinajstić information content (AvgIpc) is 4.04. The Morgan fingerprint density at radius 3 is 1.54 bits per heavy atom. The Bertz CT molecular complexity index is 1770. The monoisotopic (exact) mass is 820 g/mol. The number of hydrogen-bond acceptors (Lipinski definition) is 9. The number of carbonyl (C=O) groups is 1. The molecule has 2 unspecified atom stereocenters. The topological polar surface area (TPSA) is 85.0 Å². The van der Waals surface area contributed by atoms with Crippen molar-refractivity contribution in [3.8, 4) is 0 Å². The van der Waals surface area contributed by atoms with E-state index in [-0.39, 0.29) is 28.9 Å². The lowest BCUT2D eigenvalue weighted by Crippen LogP contribution is -2.64. The highest BCUT2D eigenvalue weighted by molar-refractivity contribution is 5.69. The van der Waals surface area contributed by atoms with E-state index >= 15 is 0 Å². The summed E-state index contributed by atoms with van der Waals surface area (Å²) >= 11 is 0. The number of hydrogen-bond donors (Lipinski definition) is 1. The average molecular weight is 821 g/mol. The van der Waals surface area contributed by atoms with Crippen molar-refractivity contribution in [2.24, 2.45) is 0 Å². The van der Waals surface area contributed by atoms with E-state index in [0.29, 0.717) is 48.8 Å². The van der Waals surface area contributed by atoms with Gasteiger partial charge in [0.2, 0.25) is 0 Å². The Morgan fingerprint density at radius 1 is 0.661 bits per heavy atom. The van der Waals surface area contributed by atoms with Crippen LogP contribution in [0.2, 0.25) is 0 Å². The lowest BCUT2D eigenvalue weighted by molar-refractivity contribution is -0.109. The highest BCUT2D eigenvalue weighted by atomic mass is 19.1. The van der Waals surface area contributed by atoms with Crippen molar-refractivity contribution in [3.05, 3.63) is 70.3 Å². The normalized spacial score (nSPS) is 30.0. The van der Waals surface area contributed by atoms with E-state index in [1.807, 2.05) is 32.9 Å². The number of halogens is 2. The van der Waals surface area contributed by atoms with Crippen LogP contribution in [0.25, 0.3) is 0 Å². The van der Waals surface area contributed by atoms with Gasteiger partial charge in [-0.3, -0.25) is 9.80 Å². The first-order valence-corrected chi connectivity index (χ1v) is 22.6. The SMILES string of the molecule is CC(C)(C)OC(=O)N1CC2(C[C@H](N3CCC(c4cc(F)ccc4C4CCOC4)CC3)CO2)C1.Fc1ccc(C2CCOC2)c(C2CCN([C@@H]3COC4(CNC4)C3)CC2)c1. The zero-order valence-corrected chi connectivity index (χ0v) is 35.5. The maximum atomic E-state index is 14.1. The minimum absolute atomic E-state index is 0.103. The van der Waals surface area contributed by atoms with Crippen LogP contribution in [0.3, 0.4) is 0 Å². The Kier molecular flexibility index (Phi) is 12.1. The largest absolute Gasteiger partial charge is 0.444 e. The fourth-order valence-corrected chi connectivity index (χ4v) is 11.3. The number of benzene rings is 2. The van der Waals surface area contributed by atoms with E-state index in [9.17, 15) is 13.6 Å². The molecule has 324 valence electrons. The number of amides is 1. The molecular weight excluding hydrogens is 755 g/mol. The van der Waals surface area contributed by atoms with Crippen molar-refractivity contribution in [2.75, 3.05) is 92.0 Å². The molecule has 8 aliphatic rings. The Morgan fingerprint density at radius 2 is 1.14 bits per heavy atom. The molecule has 0 aromatic heterocycles. The second kappa shape index (κ2) is 17.2. The van der Waals surface area contributed by atoms with Crippen molar-refractivity contribution in [1.29, 1.82) is 0 Å². The minimum Gasteiger partial charge on any atom is -0.444 e. The molecule has 12 heteroatoms. The van der Waals surface area contributed by atoms with Crippen molar-refractivity contribution in [1.82, 2.24) is 20.0 Å². The number of carbonyl (C=O) groups excluding carboxylic acids is 1. The van der Waals surface area contributed by atoms with Gasteiger partial charge in [-0.1, -0.05) is 12.1 Å². The molecule has 8 heterocycles. The van der Waals surface area contributed by atoms with Gasteiger partial charge in [0.15, 0.2) is 0 Å². The van der Waals surface area contributed by atoms with Gasteiger partial charge in [-0.15, -0.1) is 0 Å². The van der Waals surface area contributed by atoms with Crippen LogP contribution in [0.1, 0.15) is 118 Å². The Balaban J connectivity index is 0.000000156. The molecule has 1 N–H and O–H groups in total. The summed E-state index contributed by atoms with van der Waals surface area (Å²) in [6, 6.07) is 11.7. The van der Waals surface area contributed by atoms with Crippen LogP contribution in [0.5, 0.6) is 0 Å². The maximum absolute atomic E-state index is 14.1. The van der Waals surface area contributed by atoms with E-state index in [4.69, 9.17) is 23.7 Å². The predicted molar refractivity (Wildman–Crippen MR) is 221 cm³/mol. The minimum atomic E-state index is -0.477. The fourth-order valence-electron chi connectivity index (χ4n) is 11.3. The summed E-state index contributed by atoms with van der Waals surface area (Å²) in [5.74, 6) is 1.47. The zero-order chi connectivity index (χ0) is 40.8. The van der Waals surface area contributed by atoms with Gasteiger partial charge < -0.3 is 33.9 Å². The second-order valence-corrected chi connectivity index (χ2v) is 19.9. The molecule has 0 saturated carbocycles. The van der Waals surface area contributed by atoms with E-state index < -0.39 is 5.60 Å². The molecule has 2 aromatic carbocycles. The van der Waals surface area contributed by atoms with Gasteiger partial charge in [0.05, 0.1) is 45.1 Å². The van der Waals surface area contributed by atoms with Crippen LogP contribution in [-0.2, 0) is 23.7 Å². The van der Waals surface area contributed by atoms with Gasteiger partial charge in [-0.2, -0.15) is 0 Å². The van der Waals surface area contributed by atoms with Crippen LogP contribution in [0.15, 0.2) is 36.4 Å².